The average Bonchev–Trinajstić information content (AvgIpc) is 2.22. The highest BCUT2D eigenvalue weighted by molar-refractivity contribution is 5.95. The van der Waals surface area contributed by atoms with E-state index >= 15 is 0 Å². The molecule has 1 amide bonds. The Hall–Kier alpha value is -1.98. The monoisotopic (exact) mass is 237 g/mol. The van der Waals surface area contributed by atoms with Crippen molar-refractivity contribution in [2.75, 3.05) is 0 Å². The van der Waals surface area contributed by atoms with Gasteiger partial charge in [0.2, 0.25) is 0 Å². The number of carboxylic acids is 1. The summed E-state index contributed by atoms with van der Waals surface area (Å²) < 4.78 is 0. The van der Waals surface area contributed by atoms with E-state index in [0.29, 0.717) is 11.4 Å². The second-order valence-electron chi connectivity index (χ2n) is 3.86. The minimum absolute atomic E-state index is 0.168. The van der Waals surface area contributed by atoms with Gasteiger partial charge < -0.3 is 10.4 Å². The van der Waals surface area contributed by atoms with E-state index < -0.39 is 17.9 Å². The van der Waals surface area contributed by atoms with Gasteiger partial charge in [-0.05, 0) is 27.7 Å². The Bertz CT molecular complexity index is 471. The van der Waals surface area contributed by atoms with Gasteiger partial charge in [-0.2, -0.15) is 0 Å². The zero-order valence-electron chi connectivity index (χ0n) is 10.2. The highest BCUT2D eigenvalue weighted by Crippen LogP contribution is 2.07. The molecule has 0 aliphatic rings. The van der Waals surface area contributed by atoms with Crippen molar-refractivity contribution in [2.24, 2.45) is 0 Å². The molecule has 1 aromatic heterocycles. The summed E-state index contributed by atoms with van der Waals surface area (Å²) in [5.41, 5.74) is 2.07. The Balaban J connectivity index is 2.97. The van der Waals surface area contributed by atoms with E-state index in [0.717, 1.165) is 5.69 Å². The highest BCUT2D eigenvalue weighted by atomic mass is 16.4. The normalized spacial score (nSPS) is 12.0. The summed E-state index contributed by atoms with van der Waals surface area (Å²) in [4.78, 5) is 30.7. The molecule has 1 rings (SSSR count). The summed E-state index contributed by atoms with van der Waals surface area (Å²) in [5, 5.41) is 11.0. The largest absolute Gasteiger partial charge is 0.480 e. The number of carboxylic acid groups (broad SMARTS) is 1. The molecule has 6 nitrogen and oxygen atoms in total. The predicted octanol–water partition coefficient (Wildman–Crippen LogP) is 0.605. The van der Waals surface area contributed by atoms with Crippen molar-refractivity contribution in [1.82, 2.24) is 15.3 Å². The average molecular weight is 237 g/mol. The second-order valence-corrected chi connectivity index (χ2v) is 3.86. The summed E-state index contributed by atoms with van der Waals surface area (Å²) in [6, 6.07) is -0.953. The molecule has 0 aliphatic heterocycles. The third-order valence-corrected chi connectivity index (χ3v) is 2.41. The lowest BCUT2D eigenvalue weighted by molar-refractivity contribution is -0.138. The molecule has 17 heavy (non-hydrogen) atoms. The van der Waals surface area contributed by atoms with E-state index in [1.54, 1.807) is 20.8 Å². The second kappa shape index (κ2) is 4.90. The van der Waals surface area contributed by atoms with E-state index in [-0.39, 0.29) is 5.69 Å². The fourth-order valence-corrected chi connectivity index (χ4v) is 1.26. The van der Waals surface area contributed by atoms with Crippen molar-refractivity contribution in [2.45, 2.75) is 33.7 Å². The zero-order chi connectivity index (χ0) is 13.2. The van der Waals surface area contributed by atoms with Crippen molar-refractivity contribution in [3.8, 4) is 0 Å². The van der Waals surface area contributed by atoms with E-state index in [4.69, 9.17) is 5.11 Å². The van der Waals surface area contributed by atoms with E-state index in [2.05, 4.69) is 15.3 Å². The Labute approximate surface area is 99.1 Å². The first-order valence-electron chi connectivity index (χ1n) is 5.18. The maximum Gasteiger partial charge on any atom is 0.325 e. The standard InChI is InChI=1S/C11H15N3O3/c1-5-6(2)13-9(7(3)12-5)10(15)14-8(4)11(16)17/h8H,1-4H3,(H,14,15)(H,16,17). The summed E-state index contributed by atoms with van der Waals surface area (Å²) in [5.74, 6) is -1.61. The van der Waals surface area contributed by atoms with Gasteiger partial charge in [0.05, 0.1) is 17.1 Å². The van der Waals surface area contributed by atoms with Gasteiger partial charge in [-0.15, -0.1) is 0 Å². The van der Waals surface area contributed by atoms with Crippen LogP contribution in [0.15, 0.2) is 0 Å². The number of rotatable bonds is 3. The molecule has 0 spiro atoms. The first kappa shape index (κ1) is 13.1. The van der Waals surface area contributed by atoms with Gasteiger partial charge in [0.1, 0.15) is 11.7 Å². The van der Waals surface area contributed by atoms with Crippen LogP contribution < -0.4 is 5.32 Å². The Kier molecular flexibility index (Phi) is 3.77. The van der Waals surface area contributed by atoms with E-state index in [1.165, 1.54) is 6.92 Å². The summed E-state index contributed by atoms with van der Waals surface area (Å²) in [6.07, 6.45) is 0. The van der Waals surface area contributed by atoms with Gasteiger partial charge in [0, 0.05) is 0 Å². The third kappa shape index (κ3) is 2.99. The molecule has 0 bridgehead atoms. The molecule has 6 heteroatoms. The van der Waals surface area contributed by atoms with Crippen LogP contribution in [0.4, 0.5) is 0 Å². The van der Waals surface area contributed by atoms with Crippen LogP contribution in [0.5, 0.6) is 0 Å². The van der Waals surface area contributed by atoms with Gasteiger partial charge in [-0.1, -0.05) is 0 Å². The van der Waals surface area contributed by atoms with E-state index in [1.807, 2.05) is 0 Å². The third-order valence-electron chi connectivity index (χ3n) is 2.41. The number of nitrogens with zero attached hydrogens (tertiary/aromatic N) is 2. The molecule has 0 fully saturated rings. The van der Waals surface area contributed by atoms with Crippen LogP contribution in [-0.4, -0.2) is 33.0 Å². The van der Waals surface area contributed by atoms with Crippen LogP contribution in [0.2, 0.25) is 0 Å². The molecule has 1 unspecified atom stereocenters. The number of hydrogen-bond acceptors (Lipinski definition) is 4. The highest BCUT2D eigenvalue weighted by Gasteiger charge is 2.19. The van der Waals surface area contributed by atoms with Crippen LogP contribution in [0, 0.1) is 20.8 Å². The number of nitrogens with one attached hydrogen (secondary N) is 1. The Morgan fingerprint density at radius 1 is 1.12 bits per heavy atom. The van der Waals surface area contributed by atoms with Gasteiger partial charge >= 0.3 is 5.97 Å². The molecule has 1 heterocycles. The number of carbonyl (C=O) groups is 2. The Morgan fingerprint density at radius 3 is 2.18 bits per heavy atom. The molecule has 0 aliphatic carbocycles. The lowest BCUT2D eigenvalue weighted by Gasteiger charge is -2.11. The SMILES string of the molecule is Cc1nc(C)c(C(=O)NC(C)C(=O)O)nc1C. The topological polar surface area (TPSA) is 92.2 Å². The minimum atomic E-state index is -1.09. The van der Waals surface area contributed by atoms with Crippen molar-refractivity contribution < 1.29 is 14.7 Å². The van der Waals surface area contributed by atoms with Gasteiger partial charge in [-0.25, -0.2) is 4.98 Å². The molecule has 0 saturated heterocycles. The summed E-state index contributed by atoms with van der Waals surface area (Å²) in [6.45, 7) is 6.61. The fourth-order valence-electron chi connectivity index (χ4n) is 1.26. The predicted molar refractivity (Wildman–Crippen MR) is 60.8 cm³/mol. The summed E-state index contributed by atoms with van der Waals surface area (Å²) in [7, 11) is 0. The molecule has 0 saturated carbocycles. The number of carbonyl (C=O) groups excluding carboxylic acids is 1. The Morgan fingerprint density at radius 2 is 1.65 bits per heavy atom. The minimum Gasteiger partial charge on any atom is -0.480 e. The van der Waals surface area contributed by atoms with Crippen molar-refractivity contribution in [3.05, 3.63) is 22.8 Å². The number of aryl methyl sites for hydroxylation is 3. The van der Waals surface area contributed by atoms with Crippen LogP contribution >= 0.6 is 0 Å². The quantitative estimate of drug-likeness (QED) is 0.803. The van der Waals surface area contributed by atoms with Crippen LogP contribution in [0.3, 0.4) is 0 Å². The molecule has 2 N–H and O–H groups in total. The number of hydrogen-bond donors (Lipinski definition) is 2. The molecular formula is C11H15N3O3. The molecule has 1 atom stereocenters. The van der Waals surface area contributed by atoms with Crippen LogP contribution in [-0.2, 0) is 4.79 Å². The molecule has 1 aromatic rings. The summed E-state index contributed by atoms with van der Waals surface area (Å²) >= 11 is 0. The zero-order valence-corrected chi connectivity index (χ0v) is 10.2. The first-order chi connectivity index (χ1) is 7.82. The fraction of sp³-hybridized carbons (Fsp3) is 0.455. The number of aromatic nitrogens is 2. The molecular weight excluding hydrogens is 222 g/mol. The number of amides is 1. The van der Waals surface area contributed by atoms with E-state index in [9.17, 15) is 9.59 Å². The van der Waals surface area contributed by atoms with Crippen molar-refractivity contribution in [1.29, 1.82) is 0 Å². The van der Waals surface area contributed by atoms with Gasteiger partial charge in [0.25, 0.3) is 5.91 Å². The molecule has 0 aromatic carbocycles. The van der Waals surface area contributed by atoms with Crippen molar-refractivity contribution >= 4 is 11.9 Å². The van der Waals surface area contributed by atoms with Crippen LogP contribution in [0.25, 0.3) is 0 Å². The van der Waals surface area contributed by atoms with Crippen molar-refractivity contribution in [3.63, 3.8) is 0 Å². The smallest absolute Gasteiger partial charge is 0.325 e. The maximum absolute atomic E-state index is 11.8. The first-order valence-corrected chi connectivity index (χ1v) is 5.18. The maximum atomic E-state index is 11.8. The molecule has 0 radical (unpaired) electrons. The van der Waals surface area contributed by atoms with Gasteiger partial charge in [0.15, 0.2) is 0 Å². The van der Waals surface area contributed by atoms with Crippen LogP contribution in [0.1, 0.15) is 34.5 Å². The number of aliphatic carboxylic acids is 1. The van der Waals surface area contributed by atoms with Gasteiger partial charge in [-0.3, -0.25) is 14.6 Å². The molecule has 92 valence electrons. The lowest BCUT2D eigenvalue weighted by atomic mass is 10.2. The lowest BCUT2D eigenvalue weighted by Crippen LogP contribution is -2.39.